The van der Waals surface area contributed by atoms with Crippen molar-refractivity contribution < 1.29 is 19.2 Å². The normalized spacial score (nSPS) is 25.4. The number of fused-ring (bicyclic) bond motifs is 5. The minimum absolute atomic E-state index is 0.0179. The Morgan fingerprint density at radius 1 is 0.906 bits per heavy atom. The van der Waals surface area contributed by atoms with E-state index in [0.29, 0.717) is 10.6 Å². The van der Waals surface area contributed by atoms with Crippen molar-refractivity contribution in [3.05, 3.63) is 81.9 Å². The van der Waals surface area contributed by atoms with Crippen molar-refractivity contribution in [1.29, 1.82) is 0 Å². The van der Waals surface area contributed by atoms with Gasteiger partial charge in [0.15, 0.2) is 5.78 Å². The monoisotopic (exact) mass is 468 g/mol. The van der Waals surface area contributed by atoms with E-state index >= 15 is 0 Å². The third kappa shape index (κ3) is 3.26. The van der Waals surface area contributed by atoms with Crippen LogP contribution >= 0.6 is 23.2 Å². The molecule has 162 valence electrons. The van der Waals surface area contributed by atoms with Gasteiger partial charge in [0.1, 0.15) is 6.54 Å². The number of halogens is 2. The van der Waals surface area contributed by atoms with E-state index in [-0.39, 0.29) is 22.4 Å². The van der Waals surface area contributed by atoms with E-state index in [4.69, 9.17) is 23.2 Å². The van der Waals surface area contributed by atoms with Crippen LogP contribution in [-0.2, 0) is 9.59 Å². The number of allylic oxidation sites excluding steroid dienone is 2. The van der Waals surface area contributed by atoms with Crippen molar-refractivity contribution in [2.24, 2.45) is 23.7 Å². The molecule has 1 saturated carbocycles. The minimum atomic E-state index is -0.681. The summed E-state index contributed by atoms with van der Waals surface area (Å²) in [5, 5.41) is 2.45. The number of carbonyl (C=O) groups excluding carboxylic acids is 4. The molecule has 2 aliphatic carbocycles. The Morgan fingerprint density at radius 3 is 2.09 bits per heavy atom. The summed E-state index contributed by atoms with van der Waals surface area (Å²) in [6.45, 7) is -0.481. The average molecular weight is 469 g/mol. The number of nitrogens with zero attached hydrogens (tertiary/aromatic N) is 2. The molecule has 8 heteroatoms. The number of carbonyl (C=O) groups is 4. The molecule has 2 bridgehead atoms. The van der Waals surface area contributed by atoms with Gasteiger partial charge in [0.05, 0.1) is 22.4 Å². The number of hydrogen-bond donors (Lipinski definition) is 0. The molecule has 4 atom stereocenters. The number of rotatable bonds is 5. The lowest BCUT2D eigenvalue weighted by atomic mass is 9.85. The molecular weight excluding hydrogens is 451 g/mol. The molecular formula is C24H18Cl2N2O4. The molecule has 6 nitrogen and oxygen atoms in total. The van der Waals surface area contributed by atoms with E-state index in [1.807, 2.05) is 12.2 Å². The summed E-state index contributed by atoms with van der Waals surface area (Å²) in [5.74, 6) is -3.02. The number of hydrazine groups is 1. The second-order valence-electron chi connectivity index (χ2n) is 8.26. The van der Waals surface area contributed by atoms with Crippen LogP contribution in [0.25, 0.3) is 0 Å². The predicted molar refractivity (Wildman–Crippen MR) is 118 cm³/mol. The molecule has 1 heterocycles. The van der Waals surface area contributed by atoms with Crippen LogP contribution in [0.3, 0.4) is 0 Å². The fraction of sp³-hybridized carbons (Fsp3) is 0.250. The van der Waals surface area contributed by atoms with Gasteiger partial charge in [0.2, 0.25) is 0 Å². The molecule has 2 aromatic rings. The Bertz CT molecular complexity index is 1150. The molecule has 0 radical (unpaired) electrons. The highest BCUT2D eigenvalue weighted by Crippen LogP contribution is 2.52. The molecule has 2 aromatic carbocycles. The van der Waals surface area contributed by atoms with E-state index in [2.05, 4.69) is 0 Å². The van der Waals surface area contributed by atoms with Gasteiger partial charge in [0.25, 0.3) is 17.7 Å². The molecule has 3 amide bonds. The van der Waals surface area contributed by atoms with Gasteiger partial charge in [-0.3, -0.25) is 19.2 Å². The van der Waals surface area contributed by atoms with Crippen molar-refractivity contribution in [2.45, 2.75) is 6.42 Å². The maximum absolute atomic E-state index is 13.5. The highest BCUT2D eigenvalue weighted by molar-refractivity contribution is 6.34. The Morgan fingerprint density at radius 2 is 1.50 bits per heavy atom. The van der Waals surface area contributed by atoms with E-state index in [1.165, 1.54) is 18.2 Å². The summed E-state index contributed by atoms with van der Waals surface area (Å²) in [4.78, 5) is 53.1. The maximum Gasteiger partial charge on any atom is 0.274 e. The Labute approximate surface area is 194 Å². The zero-order valence-corrected chi connectivity index (χ0v) is 18.3. The molecule has 0 aromatic heterocycles. The summed E-state index contributed by atoms with van der Waals surface area (Å²) in [6, 6.07) is 12.5. The standard InChI is InChI=1S/C24H18Cl2N2O4/c25-16-9-7-13(8-10-16)19(29)12-27(22(30)17-3-1-2-4-18(17)26)28-23(31)20-14-5-6-15(11-14)21(20)24(28)32/h1-10,14-15,20-21H,11-12H2/t14-,15-,20+,21+/m0/s1. The van der Waals surface area contributed by atoms with Gasteiger partial charge in [-0.2, -0.15) is 5.01 Å². The first-order valence-corrected chi connectivity index (χ1v) is 11.0. The smallest absolute Gasteiger partial charge is 0.274 e. The SMILES string of the molecule is O=C(CN(C(=O)c1ccccc1Cl)N1C(=O)[C@H]2[C@H](C1=O)[C@H]1C=C[C@H]2C1)c1ccc(Cl)cc1. The number of Topliss-reactive ketones (excluding diaryl/α,β-unsaturated/α-hetero) is 1. The summed E-state index contributed by atoms with van der Waals surface area (Å²) < 4.78 is 0. The second kappa shape index (κ2) is 7.87. The fourth-order valence-electron chi connectivity index (χ4n) is 4.99. The first-order valence-electron chi connectivity index (χ1n) is 10.3. The molecule has 1 aliphatic heterocycles. The summed E-state index contributed by atoms with van der Waals surface area (Å²) in [7, 11) is 0. The van der Waals surface area contributed by atoms with Crippen molar-refractivity contribution in [2.75, 3.05) is 6.54 Å². The average Bonchev–Trinajstić information content (AvgIpc) is 3.46. The largest absolute Gasteiger partial charge is 0.292 e. The number of benzene rings is 2. The number of hydrogen-bond acceptors (Lipinski definition) is 4. The van der Waals surface area contributed by atoms with E-state index < -0.39 is 41.9 Å². The number of amides is 3. The van der Waals surface area contributed by atoms with E-state index in [0.717, 1.165) is 16.4 Å². The molecule has 5 rings (SSSR count). The first-order chi connectivity index (χ1) is 15.4. The van der Waals surface area contributed by atoms with Crippen molar-refractivity contribution in [3.63, 3.8) is 0 Å². The van der Waals surface area contributed by atoms with Crippen molar-refractivity contribution in [1.82, 2.24) is 10.0 Å². The highest BCUT2D eigenvalue weighted by atomic mass is 35.5. The van der Waals surface area contributed by atoms with Crippen LogP contribution in [-0.4, -0.2) is 40.1 Å². The summed E-state index contributed by atoms with van der Waals surface area (Å²) in [6.07, 6.45) is 4.71. The van der Waals surface area contributed by atoms with Crippen LogP contribution in [0.15, 0.2) is 60.7 Å². The summed E-state index contributed by atoms with van der Waals surface area (Å²) >= 11 is 12.1. The number of imide groups is 1. The zero-order chi connectivity index (χ0) is 22.6. The molecule has 2 fully saturated rings. The Kier molecular flexibility index (Phi) is 5.14. The molecule has 0 unspecified atom stereocenters. The molecule has 1 saturated heterocycles. The van der Waals surface area contributed by atoms with Crippen LogP contribution in [0.2, 0.25) is 10.0 Å². The van der Waals surface area contributed by atoms with Gasteiger partial charge in [-0.1, -0.05) is 47.5 Å². The van der Waals surface area contributed by atoms with Crippen LogP contribution in [0.1, 0.15) is 27.1 Å². The molecule has 32 heavy (non-hydrogen) atoms. The Balaban J connectivity index is 1.51. The lowest BCUT2D eigenvalue weighted by Gasteiger charge is -2.31. The molecule has 0 spiro atoms. The summed E-state index contributed by atoms with van der Waals surface area (Å²) in [5.41, 5.74) is 0.421. The topological polar surface area (TPSA) is 74.8 Å². The first kappa shape index (κ1) is 20.9. The van der Waals surface area contributed by atoms with Gasteiger partial charge >= 0.3 is 0 Å². The van der Waals surface area contributed by atoms with Crippen molar-refractivity contribution in [3.8, 4) is 0 Å². The fourth-order valence-corrected chi connectivity index (χ4v) is 5.34. The lowest BCUT2D eigenvalue weighted by molar-refractivity contribution is -0.154. The van der Waals surface area contributed by atoms with Crippen molar-refractivity contribution >= 4 is 46.7 Å². The lowest BCUT2D eigenvalue weighted by Crippen LogP contribution is -2.52. The van der Waals surface area contributed by atoms with Crippen LogP contribution in [0.5, 0.6) is 0 Å². The third-order valence-electron chi connectivity index (χ3n) is 6.49. The zero-order valence-electron chi connectivity index (χ0n) is 16.8. The molecule has 0 N–H and O–H groups in total. The second-order valence-corrected chi connectivity index (χ2v) is 9.10. The predicted octanol–water partition coefficient (Wildman–Crippen LogP) is 4.04. The molecule has 3 aliphatic rings. The number of ketones is 1. The highest BCUT2D eigenvalue weighted by Gasteiger charge is 2.61. The van der Waals surface area contributed by atoms with E-state index in [1.54, 1.807) is 30.3 Å². The van der Waals surface area contributed by atoms with Gasteiger partial charge < -0.3 is 0 Å². The van der Waals surface area contributed by atoms with Gasteiger partial charge in [-0.25, -0.2) is 5.01 Å². The third-order valence-corrected chi connectivity index (χ3v) is 7.07. The van der Waals surface area contributed by atoms with E-state index in [9.17, 15) is 19.2 Å². The Hall–Kier alpha value is -2.96. The quantitative estimate of drug-likeness (QED) is 0.377. The van der Waals surface area contributed by atoms with Crippen LogP contribution in [0, 0.1) is 23.7 Å². The van der Waals surface area contributed by atoms with Gasteiger partial charge in [0, 0.05) is 10.6 Å². The maximum atomic E-state index is 13.5. The minimum Gasteiger partial charge on any atom is -0.292 e. The van der Waals surface area contributed by atoms with Crippen LogP contribution in [0.4, 0.5) is 0 Å². The van der Waals surface area contributed by atoms with Gasteiger partial charge in [-0.15, -0.1) is 0 Å². The van der Waals surface area contributed by atoms with Crippen LogP contribution < -0.4 is 0 Å². The van der Waals surface area contributed by atoms with Gasteiger partial charge in [-0.05, 0) is 54.7 Å².